The number of hydrogen-bond acceptors (Lipinski definition) is 6. The van der Waals surface area contributed by atoms with E-state index >= 15 is 0 Å². The molecule has 7 nitrogen and oxygen atoms in total. The Morgan fingerprint density at radius 3 is 2.55 bits per heavy atom. The summed E-state index contributed by atoms with van der Waals surface area (Å²) in [5.41, 5.74) is 1.16. The standard InChI is InChI=1S/C21H27N5O2S/c1-3-10-26-20(16-4-5-16)22-23-21(26)29-15-19(27)25-13-11-24(12-14-25)17-6-8-18(28-2)9-7-17/h3,6-9,16H,1,4-5,10-15H2,2H3. The predicted octanol–water partition coefficient (Wildman–Crippen LogP) is 2.79. The third-order valence-electron chi connectivity index (χ3n) is 5.39. The normalized spacial score (nSPS) is 16.7. The molecular formula is C21H27N5O2S. The predicted molar refractivity (Wildman–Crippen MR) is 115 cm³/mol. The maximum Gasteiger partial charge on any atom is 0.233 e. The summed E-state index contributed by atoms with van der Waals surface area (Å²) in [5, 5.41) is 9.48. The lowest BCUT2D eigenvalue weighted by atomic mass is 10.2. The number of aromatic nitrogens is 3. The number of methoxy groups -OCH3 is 1. The molecular weight excluding hydrogens is 386 g/mol. The monoisotopic (exact) mass is 413 g/mol. The third kappa shape index (κ3) is 4.58. The molecule has 0 atom stereocenters. The summed E-state index contributed by atoms with van der Waals surface area (Å²) in [6.45, 7) is 7.66. The molecule has 1 amide bonds. The fourth-order valence-corrected chi connectivity index (χ4v) is 4.43. The van der Waals surface area contributed by atoms with Crippen molar-refractivity contribution >= 4 is 23.4 Å². The summed E-state index contributed by atoms with van der Waals surface area (Å²) in [5.74, 6) is 2.97. The van der Waals surface area contributed by atoms with Crippen LogP contribution in [0.4, 0.5) is 5.69 Å². The maximum atomic E-state index is 12.7. The molecule has 154 valence electrons. The van der Waals surface area contributed by atoms with E-state index in [1.807, 2.05) is 23.1 Å². The van der Waals surface area contributed by atoms with Crippen LogP contribution in [-0.2, 0) is 11.3 Å². The lowest BCUT2D eigenvalue weighted by Gasteiger charge is -2.36. The van der Waals surface area contributed by atoms with Gasteiger partial charge in [-0.2, -0.15) is 0 Å². The third-order valence-corrected chi connectivity index (χ3v) is 6.35. The zero-order valence-corrected chi connectivity index (χ0v) is 17.6. The van der Waals surface area contributed by atoms with Crippen LogP contribution >= 0.6 is 11.8 Å². The van der Waals surface area contributed by atoms with Crippen LogP contribution in [0.15, 0.2) is 42.1 Å². The van der Waals surface area contributed by atoms with Gasteiger partial charge in [-0.15, -0.1) is 16.8 Å². The van der Waals surface area contributed by atoms with Crippen LogP contribution in [-0.4, -0.2) is 64.6 Å². The van der Waals surface area contributed by atoms with E-state index in [0.717, 1.165) is 48.6 Å². The summed E-state index contributed by atoms with van der Waals surface area (Å²) < 4.78 is 7.32. The molecule has 2 aromatic rings. The average molecular weight is 414 g/mol. The molecule has 1 saturated carbocycles. The molecule has 2 heterocycles. The second kappa shape index (κ2) is 8.90. The van der Waals surface area contributed by atoms with Gasteiger partial charge in [-0.3, -0.25) is 4.79 Å². The Balaban J connectivity index is 1.29. The highest BCUT2D eigenvalue weighted by Gasteiger charge is 2.30. The second-order valence-corrected chi connectivity index (χ2v) is 8.31. The maximum absolute atomic E-state index is 12.7. The van der Waals surface area contributed by atoms with Crippen molar-refractivity contribution in [2.45, 2.75) is 30.5 Å². The first kappa shape index (κ1) is 19.8. The number of ether oxygens (including phenoxy) is 1. The number of allylic oxidation sites excluding steroid dienone is 1. The van der Waals surface area contributed by atoms with E-state index < -0.39 is 0 Å². The lowest BCUT2D eigenvalue weighted by molar-refractivity contribution is -0.128. The minimum Gasteiger partial charge on any atom is -0.497 e. The van der Waals surface area contributed by atoms with E-state index in [9.17, 15) is 4.79 Å². The Morgan fingerprint density at radius 2 is 1.93 bits per heavy atom. The van der Waals surface area contributed by atoms with Gasteiger partial charge in [-0.05, 0) is 37.1 Å². The van der Waals surface area contributed by atoms with Gasteiger partial charge < -0.3 is 19.1 Å². The van der Waals surface area contributed by atoms with E-state index in [1.54, 1.807) is 7.11 Å². The van der Waals surface area contributed by atoms with Crippen LogP contribution in [0, 0.1) is 0 Å². The molecule has 4 rings (SSSR count). The van der Waals surface area contributed by atoms with Gasteiger partial charge in [-0.1, -0.05) is 17.8 Å². The van der Waals surface area contributed by atoms with Gasteiger partial charge in [-0.25, -0.2) is 0 Å². The Labute approximate surface area is 175 Å². The summed E-state index contributed by atoms with van der Waals surface area (Å²) in [6, 6.07) is 8.07. The number of rotatable bonds is 8. The van der Waals surface area contributed by atoms with Crippen molar-refractivity contribution in [2.24, 2.45) is 0 Å². The van der Waals surface area contributed by atoms with Gasteiger partial charge in [0.2, 0.25) is 5.91 Å². The number of carbonyl (C=O) groups excluding carboxylic acids is 1. The van der Waals surface area contributed by atoms with Gasteiger partial charge in [0.05, 0.1) is 12.9 Å². The molecule has 0 radical (unpaired) electrons. The highest BCUT2D eigenvalue weighted by Crippen LogP contribution is 2.40. The van der Waals surface area contributed by atoms with Crippen molar-refractivity contribution in [3.8, 4) is 5.75 Å². The van der Waals surface area contributed by atoms with Crippen LogP contribution in [0.1, 0.15) is 24.6 Å². The smallest absolute Gasteiger partial charge is 0.233 e. The molecule has 29 heavy (non-hydrogen) atoms. The van der Waals surface area contributed by atoms with Crippen LogP contribution in [0.25, 0.3) is 0 Å². The van der Waals surface area contributed by atoms with Crippen LogP contribution in [0.3, 0.4) is 0 Å². The Morgan fingerprint density at radius 1 is 1.21 bits per heavy atom. The SMILES string of the molecule is C=CCn1c(SCC(=O)N2CCN(c3ccc(OC)cc3)CC2)nnc1C1CC1. The molecule has 1 saturated heterocycles. The van der Waals surface area contributed by atoms with Crippen molar-refractivity contribution in [3.63, 3.8) is 0 Å². The molecule has 1 aromatic carbocycles. The lowest BCUT2D eigenvalue weighted by Crippen LogP contribution is -2.49. The number of thioether (sulfide) groups is 1. The fraction of sp³-hybridized carbons (Fsp3) is 0.476. The molecule has 2 fully saturated rings. The summed E-state index contributed by atoms with van der Waals surface area (Å²) in [7, 11) is 1.67. The van der Waals surface area contributed by atoms with E-state index in [1.165, 1.54) is 24.6 Å². The number of carbonyl (C=O) groups is 1. The van der Waals surface area contributed by atoms with E-state index in [2.05, 4.69) is 38.4 Å². The van der Waals surface area contributed by atoms with Crippen LogP contribution in [0.5, 0.6) is 5.75 Å². The summed E-state index contributed by atoms with van der Waals surface area (Å²) >= 11 is 1.48. The van der Waals surface area contributed by atoms with Crippen LogP contribution in [0.2, 0.25) is 0 Å². The van der Waals surface area contributed by atoms with Gasteiger partial charge in [0.25, 0.3) is 0 Å². The quantitative estimate of drug-likeness (QED) is 0.490. The average Bonchev–Trinajstić information content (AvgIpc) is 3.54. The molecule has 0 spiro atoms. The van der Waals surface area contributed by atoms with Crippen molar-refractivity contribution in [3.05, 3.63) is 42.7 Å². The van der Waals surface area contributed by atoms with Crippen molar-refractivity contribution in [1.29, 1.82) is 0 Å². The number of amides is 1. The molecule has 8 heteroatoms. The second-order valence-electron chi connectivity index (χ2n) is 7.37. The fourth-order valence-electron chi connectivity index (χ4n) is 3.58. The largest absolute Gasteiger partial charge is 0.497 e. The first-order chi connectivity index (χ1) is 14.2. The molecule has 0 bridgehead atoms. The van der Waals surface area contributed by atoms with Crippen molar-refractivity contribution in [1.82, 2.24) is 19.7 Å². The number of anilines is 1. The van der Waals surface area contributed by atoms with Gasteiger partial charge in [0, 0.05) is 44.3 Å². The first-order valence-electron chi connectivity index (χ1n) is 10.0. The van der Waals surface area contributed by atoms with Gasteiger partial charge in [0.15, 0.2) is 5.16 Å². The molecule has 0 unspecified atom stereocenters. The van der Waals surface area contributed by atoms with Gasteiger partial charge >= 0.3 is 0 Å². The van der Waals surface area contributed by atoms with E-state index in [4.69, 9.17) is 4.74 Å². The molecule has 1 aromatic heterocycles. The molecule has 0 N–H and O–H groups in total. The minimum absolute atomic E-state index is 0.158. The zero-order valence-electron chi connectivity index (χ0n) is 16.8. The van der Waals surface area contributed by atoms with Crippen LogP contribution < -0.4 is 9.64 Å². The van der Waals surface area contributed by atoms with Crippen molar-refractivity contribution in [2.75, 3.05) is 43.9 Å². The Hall–Kier alpha value is -2.48. The summed E-state index contributed by atoms with van der Waals surface area (Å²) in [4.78, 5) is 17.0. The Bertz CT molecular complexity index is 854. The van der Waals surface area contributed by atoms with E-state index in [0.29, 0.717) is 18.2 Å². The highest BCUT2D eigenvalue weighted by molar-refractivity contribution is 7.99. The molecule has 1 aliphatic heterocycles. The van der Waals surface area contributed by atoms with Crippen molar-refractivity contribution < 1.29 is 9.53 Å². The minimum atomic E-state index is 0.158. The molecule has 2 aliphatic rings. The molecule has 1 aliphatic carbocycles. The van der Waals surface area contributed by atoms with E-state index in [-0.39, 0.29) is 5.91 Å². The highest BCUT2D eigenvalue weighted by atomic mass is 32.2. The van der Waals surface area contributed by atoms with Gasteiger partial charge in [0.1, 0.15) is 11.6 Å². The first-order valence-corrected chi connectivity index (χ1v) is 11.0. The number of piperazine rings is 1. The Kier molecular flexibility index (Phi) is 6.08. The number of hydrogen-bond donors (Lipinski definition) is 0. The summed E-state index contributed by atoms with van der Waals surface area (Å²) in [6.07, 6.45) is 4.22. The topological polar surface area (TPSA) is 63.5 Å². The zero-order chi connectivity index (χ0) is 20.2. The number of benzene rings is 1. The number of nitrogens with zero attached hydrogens (tertiary/aromatic N) is 5.